The fourth-order valence-electron chi connectivity index (χ4n) is 1.92. The van der Waals surface area contributed by atoms with Crippen molar-refractivity contribution < 1.29 is 14.3 Å². The summed E-state index contributed by atoms with van der Waals surface area (Å²) in [6, 6.07) is 12.9. The van der Waals surface area contributed by atoms with Crippen LogP contribution in [-0.4, -0.2) is 12.6 Å². The predicted molar refractivity (Wildman–Crippen MR) is 80.1 cm³/mol. The topological polar surface area (TPSA) is 35.5 Å². The first-order valence-corrected chi connectivity index (χ1v) is 6.90. The first-order valence-electron chi connectivity index (χ1n) is 6.10. The van der Waals surface area contributed by atoms with Gasteiger partial charge in [0.1, 0.15) is 0 Å². The van der Waals surface area contributed by atoms with Crippen molar-refractivity contribution in [1.82, 2.24) is 0 Å². The van der Waals surface area contributed by atoms with Gasteiger partial charge in [-0.2, -0.15) is 0 Å². The molecule has 4 heteroatoms. The molecule has 0 bridgehead atoms. The van der Waals surface area contributed by atoms with Crippen molar-refractivity contribution in [1.29, 1.82) is 0 Å². The number of allylic oxidation sites excluding steroid dienone is 1. The molecule has 0 N–H and O–H groups in total. The van der Waals surface area contributed by atoms with Crippen molar-refractivity contribution in [2.24, 2.45) is 0 Å². The number of ether oxygens (including phenoxy) is 2. The van der Waals surface area contributed by atoms with Crippen LogP contribution < -0.4 is 9.47 Å². The lowest BCUT2D eigenvalue weighted by Crippen LogP contribution is -1.93. The van der Waals surface area contributed by atoms with E-state index in [1.165, 1.54) is 0 Å². The highest BCUT2D eigenvalue weighted by Crippen LogP contribution is 2.37. The minimum atomic E-state index is -0.0323. The van der Waals surface area contributed by atoms with E-state index in [2.05, 4.69) is 15.9 Å². The largest absolute Gasteiger partial charge is 0.454 e. The van der Waals surface area contributed by atoms with E-state index in [0.29, 0.717) is 17.1 Å². The molecule has 3 nitrogen and oxygen atoms in total. The first kappa shape index (κ1) is 12.9. The first-order chi connectivity index (χ1) is 9.74. The number of halogens is 1. The molecule has 1 aliphatic heterocycles. The Labute approximate surface area is 125 Å². The lowest BCUT2D eigenvalue weighted by atomic mass is 10.1. The molecular formula is C16H11BrO3. The molecule has 0 aromatic heterocycles. The maximum absolute atomic E-state index is 12.0. The van der Waals surface area contributed by atoms with Crippen molar-refractivity contribution in [3.8, 4) is 11.5 Å². The smallest absolute Gasteiger partial charge is 0.231 e. The van der Waals surface area contributed by atoms with Gasteiger partial charge in [-0.05, 0) is 29.8 Å². The second-order valence-corrected chi connectivity index (χ2v) is 5.14. The summed E-state index contributed by atoms with van der Waals surface area (Å²) in [5.74, 6) is 1.37. The number of fused-ring (bicyclic) bond motifs is 1. The molecule has 0 fully saturated rings. The molecule has 0 radical (unpaired) electrons. The molecule has 0 saturated heterocycles. The molecule has 0 atom stereocenters. The number of carbonyl (C=O) groups is 1. The van der Waals surface area contributed by atoms with Gasteiger partial charge in [-0.15, -0.1) is 0 Å². The molecule has 1 aliphatic rings. The van der Waals surface area contributed by atoms with Crippen LogP contribution in [0.25, 0.3) is 6.08 Å². The fraction of sp³-hybridized carbons (Fsp3) is 0.0625. The van der Waals surface area contributed by atoms with Crippen molar-refractivity contribution in [3.63, 3.8) is 0 Å². The Hall–Kier alpha value is -2.07. The van der Waals surface area contributed by atoms with Crippen molar-refractivity contribution in [3.05, 3.63) is 64.1 Å². The highest BCUT2D eigenvalue weighted by Gasteiger charge is 2.15. The normalized spacial score (nSPS) is 12.8. The molecular weight excluding hydrogens is 320 g/mol. The minimum absolute atomic E-state index is 0.0323. The maximum atomic E-state index is 12.0. The summed E-state index contributed by atoms with van der Waals surface area (Å²) in [6.07, 6.45) is 3.32. The van der Waals surface area contributed by atoms with Crippen LogP contribution >= 0.6 is 15.9 Å². The zero-order chi connectivity index (χ0) is 13.9. The number of carbonyl (C=O) groups excluding carboxylic acids is 1. The second kappa shape index (κ2) is 5.51. The number of benzene rings is 2. The Morgan fingerprint density at radius 2 is 1.80 bits per heavy atom. The van der Waals surface area contributed by atoms with Gasteiger partial charge < -0.3 is 9.47 Å². The van der Waals surface area contributed by atoms with Crippen molar-refractivity contribution >= 4 is 27.8 Å². The van der Waals surface area contributed by atoms with Crippen LogP contribution in [0.15, 0.2) is 53.0 Å². The number of hydrogen-bond acceptors (Lipinski definition) is 3. The van der Waals surface area contributed by atoms with Crippen LogP contribution in [-0.2, 0) is 0 Å². The van der Waals surface area contributed by atoms with Crippen LogP contribution in [0.4, 0.5) is 0 Å². The van der Waals surface area contributed by atoms with Gasteiger partial charge in [0.15, 0.2) is 17.3 Å². The van der Waals surface area contributed by atoms with Gasteiger partial charge in [0.05, 0.1) is 0 Å². The monoisotopic (exact) mass is 330 g/mol. The molecule has 2 aromatic rings. The quantitative estimate of drug-likeness (QED) is 0.628. The highest BCUT2D eigenvalue weighted by molar-refractivity contribution is 9.10. The van der Waals surface area contributed by atoms with Gasteiger partial charge in [0.2, 0.25) is 6.79 Å². The van der Waals surface area contributed by atoms with Crippen LogP contribution in [0.5, 0.6) is 11.5 Å². The summed E-state index contributed by atoms with van der Waals surface area (Å²) in [5, 5.41) is 0. The molecule has 20 heavy (non-hydrogen) atoms. The maximum Gasteiger partial charge on any atom is 0.231 e. The molecule has 3 rings (SSSR count). The lowest BCUT2D eigenvalue weighted by Gasteiger charge is -2.01. The zero-order valence-corrected chi connectivity index (χ0v) is 12.1. The molecule has 0 amide bonds. The summed E-state index contributed by atoms with van der Waals surface area (Å²) in [7, 11) is 0. The average Bonchev–Trinajstić information content (AvgIpc) is 2.92. The van der Waals surface area contributed by atoms with Crippen LogP contribution in [0.3, 0.4) is 0 Å². The van der Waals surface area contributed by atoms with Crippen molar-refractivity contribution in [2.75, 3.05) is 6.79 Å². The Balaban J connectivity index is 1.84. The van der Waals surface area contributed by atoms with E-state index in [-0.39, 0.29) is 12.6 Å². The average molecular weight is 331 g/mol. The number of rotatable bonds is 3. The summed E-state index contributed by atoms with van der Waals surface area (Å²) in [5.41, 5.74) is 1.54. The Morgan fingerprint density at radius 1 is 1.10 bits per heavy atom. The molecule has 0 spiro atoms. The Kier molecular flexibility index (Phi) is 3.56. The van der Waals surface area contributed by atoms with Crippen LogP contribution in [0.2, 0.25) is 0 Å². The van der Waals surface area contributed by atoms with Gasteiger partial charge in [0, 0.05) is 10.0 Å². The van der Waals surface area contributed by atoms with Gasteiger partial charge in [-0.3, -0.25) is 4.79 Å². The van der Waals surface area contributed by atoms with E-state index in [4.69, 9.17) is 9.47 Å². The van der Waals surface area contributed by atoms with Gasteiger partial charge in [0.25, 0.3) is 0 Å². The summed E-state index contributed by atoms with van der Waals surface area (Å²) in [6.45, 7) is 0.234. The van der Waals surface area contributed by atoms with Gasteiger partial charge >= 0.3 is 0 Å². The lowest BCUT2D eigenvalue weighted by molar-refractivity contribution is 0.104. The third-order valence-electron chi connectivity index (χ3n) is 2.96. The highest BCUT2D eigenvalue weighted by atomic mass is 79.9. The summed E-state index contributed by atoms with van der Waals surface area (Å²) < 4.78 is 11.5. The van der Waals surface area contributed by atoms with E-state index in [0.717, 1.165) is 10.0 Å². The summed E-state index contributed by atoms with van der Waals surface area (Å²) in [4.78, 5) is 12.0. The fourth-order valence-corrected chi connectivity index (χ4v) is 2.38. The minimum Gasteiger partial charge on any atom is -0.454 e. The number of ketones is 1. The standard InChI is InChI=1S/C16H11BrO3/c17-13-9-16-15(19-10-20-16)8-12(13)6-7-14(18)11-4-2-1-3-5-11/h1-9H,10H2/b7-6+. The molecule has 0 aliphatic carbocycles. The predicted octanol–water partition coefficient (Wildman–Crippen LogP) is 4.07. The van der Waals surface area contributed by atoms with E-state index in [9.17, 15) is 4.79 Å². The van der Waals surface area contributed by atoms with E-state index in [1.807, 2.05) is 30.3 Å². The number of hydrogen-bond donors (Lipinski definition) is 0. The van der Waals surface area contributed by atoms with Gasteiger partial charge in [-0.25, -0.2) is 0 Å². The van der Waals surface area contributed by atoms with E-state index in [1.54, 1.807) is 24.3 Å². The molecule has 0 unspecified atom stereocenters. The Morgan fingerprint density at radius 3 is 2.55 bits per heavy atom. The summed E-state index contributed by atoms with van der Waals surface area (Å²) >= 11 is 3.46. The van der Waals surface area contributed by atoms with E-state index >= 15 is 0 Å². The SMILES string of the molecule is O=C(/C=C/c1cc2c(cc1Br)OCO2)c1ccccc1. The van der Waals surface area contributed by atoms with Crippen LogP contribution in [0, 0.1) is 0 Å². The van der Waals surface area contributed by atoms with Crippen LogP contribution in [0.1, 0.15) is 15.9 Å². The van der Waals surface area contributed by atoms with Crippen molar-refractivity contribution in [2.45, 2.75) is 0 Å². The van der Waals surface area contributed by atoms with E-state index < -0.39 is 0 Å². The molecule has 0 saturated carbocycles. The zero-order valence-electron chi connectivity index (χ0n) is 10.5. The third kappa shape index (κ3) is 2.60. The Bertz CT molecular complexity index is 678. The molecule has 1 heterocycles. The molecule has 100 valence electrons. The molecule has 2 aromatic carbocycles. The third-order valence-corrected chi connectivity index (χ3v) is 3.65. The van der Waals surface area contributed by atoms with Gasteiger partial charge in [-0.1, -0.05) is 46.3 Å². The second-order valence-electron chi connectivity index (χ2n) is 4.29.